The zero-order chi connectivity index (χ0) is 22.3. The number of amides is 1. The number of carbonyl (C=O) groups is 2. The normalized spacial score (nSPS) is 13.7. The second-order valence-corrected chi connectivity index (χ2v) is 7.85. The van der Waals surface area contributed by atoms with Crippen molar-refractivity contribution in [2.45, 2.75) is 31.9 Å². The lowest BCUT2D eigenvalue weighted by Crippen LogP contribution is -2.15. The van der Waals surface area contributed by atoms with Crippen LogP contribution in [0.1, 0.15) is 55.9 Å². The summed E-state index contributed by atoms with van der Waals surface area (Å²) in [7, 11) is 0. The number of aromatic nitrogens is 1. The Bertz CT molecular complexity index is 1180. The average Bonchev–Trinajstić information content (AvgIpc) is 3.12. The number of ketones is 1. The zero-order valence-corrected chi connectivity index (χ0v) is 17.1. The van der Waals surface area contributed by atoms with Crippen LogP contribution < -0.4 is 5.73 Å². The van der Waals surface area contributed by atoms with Crippen molar-refractivity contribution in [3.63, 3.8) is 0 Å². The zero-order valence-electron chi connectivity index (χ0n) is 16.3. The SMILES string of the molecule is NC(=O)c1ccc(-n2cc(C(=O)c3c(Cl)cccc3C(F)(F)F)c3c2CCCC3)cc1. The predicted molar refractivity (Wildman–Crippen MR) is 111 cm³/mol. The number of hydrogen-bond donors (Lipinski definition) is 1. The molecule has 2 N–H and O–H groups in total. The molecule has 1 aliphatic rings. The topological polar surface area (TPSA) is 65.1 Å². The maximum Gasteiger partial charge on any atom is 0.417 e. The van der Waals surface area contributed by atoms with Crippen molar-refractivity contribution in [2.24, 2.45) is 5.73 Å². The Labute approximate surface area is 181 Å². The molecule has 0 fully saturated rings. The number of primary amides is 1. The van der Waals surface area contributed by atoms with Gasteiger partial charge >= 0.3 is 6.18 Å². The molecule has 0 radical (unpaired) electrons. The number of nitrogens with zero attached hydrogens (tertiary/aromatic N) is 1. The van der Waals surface area contributed by atoms with Gasteiger partial charge < -0.3 is 10.3 Å². The molecule has 0 bridgehead atoms. The molecule has 31 heavy (non-hydrogen) atoms. The lowest BCUT2D eigenvalue weighted by Gasteiger charge is -2.17. The Kier molecular flexibility index (Phi) is 5.39. The fourth-order valence-corrected chi connectivity index (χ4v) is 4.33. The molecular weight excluding hydrogens is 429 g/mol. The summed E-state index contributed by atoms with van der Waals surface area (Å²) in [6.45, 7) is 0. The van der Waals surface area contributed by atoms with Gasteiger partial charge in [-0.05, 0) is 67.6 Å². The largest absolute Gasteiger partial charge is 0.417 e. The van der Waals surface area contributed by atoms with Crippen LogP contribution >= 0.6 is 11.6 Å². The van der Waals surface area contributed by atoms with Gasteiger partial charge in [-0.15, -0.1) is 0 Å². The highest BCUT2D eigenvalue weighted by Gasteiger charge is 2.37. The highest BCUT2D eigenvalue weighted by atomic mass is 35.5. The third-order valence-corrected chi connectivity index (χ3v) is 5.85. The number of hydrogen-bond acceptors (Lipinski definition) is 2. The second-order valence-electron chi connectivity index (χ2n) is 7.45. The van der Waals surface area contributed by atoms with Gasteiger partial charge in [0.2, 0.25) is 5.91 Å². The van der Waals surface area contributed by atoms with E-state index in [1.807, 2.05) is 0 Å². The van der Waals surface area contributed by atoms with Crippen molar-refractivity contribution in [3.8, 4) is 5.69 Å². The van der Waals surface area contributed by atoms with Crippen LogP contribution in [-0.4, -0.2) is 16.3 Å². The van der Waals surface area contributed by atoms with E-state index in [4.69, 9.17) is 17.3 Å². The van der Waals surface area contributed by atoms with E-state index in [-0.39, 0.29) is 10.6 Å². The summed E-state index contributed by atoms with van der Waals surface area (Å²) >= 11 is 6.06. The van der Waals surface area contributed by atoms with Crippen molar-refractivity contribution in [2.75, 3.05) is 0 Å². The molecule has 1 heterocycles. The minimum atomic E-state index is -4.71. The maximum absolute atomic E-state index is 13.6. The number of nitrogens with two attached hydrogens (primary N) is 1. The smallest absolute Gasteiger partial charge is 0.366 e. The summed E-state index contributed by atoms with van der Waals surface area (Å²) in [4.78, 5) is 24.7. The number of rotatable bonds is 4. The van der Waals surface area contributed by atoms with Crippen LogP contribution in [0.4, 0.5) is 13.2 Å². The van der Waals surface area contributed by atoms with Crippen LogP contribution in [0, 0.1) is 0 Å². The number of halogens is 4. The van der Waals surface area contributed by atoms with Crippen LogP contribution in [0.3, 0.4) is 0 Å². The third-order valence-electron chi connectivity index (χ3n) is 5.53. The summed E-state index contributed by atoms with van der Waals surface area (Å²) in [5.41, 5.74) is 6.57. The van der Waals surface area contributed by atoms with E-state index in [2.05, 4.69) is 0 Å². The number of carbonyl (C=O) groups excluding carboxylic acids is 2. The molecule has 0 spiro atoms. The van der Waals surface area contributed by atoms with Gasteiger partial charge in [-0.25, -0.2) is 0 Å². The molecule has 0 aliphatic heterocycles. The van der Waals surface area contributed by atoms with E-state index >= 15 is 0 Å². The first-order valence-electron chi connectivity index (χ1n) is 9.72. The molecular formula is C23H18ClF3N2O2. The van der Waals surface area contributed by atoms with Crippen LogP contribution in [0.25, 0.3) is 5.69 Å². The minimum Gasteiger partial charge on any atom is -0.366 e. The first-order valence-corrected chi connectivity index (χ1v) is 10.1. The van der Waals surface area contributed by atoms with Gasteiger partial charge in [-0.2, -0.15) is 13.2 Å². The molecule has 1 aromatic heterocycles. The molecule has 0 saturated carbocycles. The molecule has 1 aliphatic carbocycles. The van der Waals surface area contributed by atoms with Gasteiger partial charge in [0, 0.05) is 28.7 Å². The Balaban J connectivity index is 1.86. The molecule has 0 unspecified atom stereocenters. The number of fused-ring (bicyclic) bond motifs is 1. The number of benzene rings is 2. The highest BCUT2D eigenvalue weighted by Crippen LogP contribution is 2.38. The molecule has 0 saturated heterocycles. The predicted octanol–water partition coefficient (Wildman–Crippen LogP) is 5.36. The summed E-state index contributed by atoms with van der Waals surface area (Å²) in [6, 6.07) is 9.87. The molecule has 4 nitrogen and oxygen atoms in total. The van der Waals surface area contributed by atoms with Gasteiger partial charge in [0.05, 0.1) is 16.1 Å². The third kappa shape index (κ3) is 3.85. The van der Waals surface area contributed by atoms with Gasteiger partial charge in [0.1, 0.15) is 0 Å². The minimum absolute atomic E-state index is 0.215. The van der Waals surface area contributed by atoms with E-state index in [0.717, 1.165) is 30.2 Å². The van der Waals surface area contributed by atoms with E-state index in [1.165, 1.54) is 12.1 Å². The fourth-order valence-electron chi connectivity index (χ4n) is 4.07. The second kappa shape index (κ2) is 7.89. The fraction of sp³-hybridized carbons (Fsp3) is 0.217. The van der Waals surface area contributed by atoms with Crippen LogP contribution in [0.5, 0.6) is 0 Å². The van der Waals surface area contributed by atoms with Gasteiger partial charge in [-0.3, -0.25) is 9.59 Å². The van der Waals surface area contributed by atoms with Gasteiger partial charge in [-0.1, -0.05) is 17.7 Å². The van der Waals surface area contributed by atoms with Crippen molar-refractivity contribution in [3.05, 3.63) is 87.2 Å². The molecule has 1 amide bonds. The first-order chi connectivity index (χ1) is 14.7. The first kappa shape index (κ1) is 21.2. The van der Waals surface area contributed by atoms with Gasteiger partial charge in [0.25, 0.3) is 0 Å². The molecule has 8 heteroatoms. The Morgan fingerprint density at radius 3 is 2.32 bits per heavy atom. The molecule has 2 aromatic carbocycles. The van der Waals surface area contributed by atoms with Gasteiger partial charge in [0.15, 0.2) is 5.78 Å². The number of alkyl halides is 3. The van der Waals surface area contributed by atoms with E-state index in [9.17, 15) is 22.8 Å². The Hall–Kier alpha value is -3.06. The van der Waals surface area contributed by atoms with Crippen molar-refractivity contribution >= 4 is 23.3 Å². The highest BCUT2D eigenvalue weighted by molar-refractivity contribution is 6.35. The molecule has 0 atom stereocenters. The summed E-state index contributed by atoms with van der Waals surface area (Å²) in [5.74, 6) is -1.31. The van der Waals surface area contributed by atoms with Crippen LogP contribution in [-0.2, 0) is 19.0 Å². The lowest BCUT2D eigenvalue weighted by molar-refractivity contribution is -0.137. The molecule has 4 rings (SSSR count). The van der Waals surface area contributed by atoms with E-state index < -0.39 is 29.0 Å². The van der Waals surface area contributed by atoms with Crippen molar-refractivity contribution in [1.29, 1.82) is 0 Å². The Morgan fingerprint density at radius 2 is 1.68 bits per heavy atom. The Morgan fingerprint density at radius 1 is 1.00 bits per heavy atom. The molecule has 160 valence electrons. The quantitative estimate of drug-likeness (QED) is 0.548. The summed E-state index contributed by atoms with van der Waals surface area (Å²) < 4.78 is 42.5. The van der Waals surface area contributed by atoms with Crippen molar-refractivity contribution < 1.29 is 22.8 Å². The van der Waals surface area contributed by atoms with E-state index in [1.54, 1.807) is 35.0 Å². The standard InChI is InChI=1S/C23H18ClF3N2O2/c24-18-6-3-5-17(23(25,26)27)20(18)21(30)16-12-29(19-7-2-1-4-15(16)19)14-10-8-13(9-11-14)22(28)31/h3,5-6,8-12H,1-2,4,7H2,(H2,28,31). The molecule has 3 aromatic rings. The van der Waals surface area contributed by atoms with Crippen molar-refractivity contribution in [1.82, 2.24) is 4.57 Å². The maximum atomic E-state index is 13.6. The van der Waals surface area contributed by atoms with Crippen LogP contribution in [0.2, 0.25) is 5.02 Å². The lowest BCUT2D eigenvalue weighted by atomic mass is 9.90. The van der Waals surface area contributed by atoms with E-state index in [0.29, 0.717) is 24.1 Å². The summed E-state index contributed by atoms with van der Waals surface area (Å²) in [5, 5.41) is -0.233. The van der Waals surface area contributed by atoms with Crippen LogP contribution in [0.15, 0.2) is 48.7 Å². The average molecular weight is 447 g/mol. The monoisotopic (exact) mass is 446 g/mol. The summed E-state index contributed by atoms with van der Waals surface area (Å²) in [6.07, 6.45) is -0.107.